The fraction of sp³-hybridized carbons (Fsp3) is 0.387. The Labute approximate surface area is 204 Å². The predicted octanol–water partition coefficient (Wildman–Crippen LogP) is 7.81. The van der Waals surface area contributed by atoms with E-state index >= 15 is 0 Å². The quantitative estimate of drug-likeness (QED) is 0.392. The van der Waals surface area contributed by atoms with Crippen LogP contribution in [0, 0.1) is 11.3 Å². The molecule has 34 heavy (non-hydrogen) atoms. The fourth-order valence-corrected chi connectivity index (χ4v) is 5.08. The lowest BCUT2D eigenvalue weighted by molar-refractivity contribution is 0.0726. The molecule has 0 radical (unpaired) electrons. The van der Waals surface area contributed by atoms with Crippen LogP contribution in [0.2, 0.25) is 0 Å². The molecule has 3 aliphatic rings. The lowest BCUT2D eigenvalue weighted by Crippen LogP contribution is -2.41. The third kappa shape index (κ3) is 4.36. The van der Waals surface area contributed by atoms with Gasteiger partial charge in [0.15, 0.2) is 5.78 Å². The molecule has 0 fully saturated rings. The Hall–Kier alpha value is -3.07. The Bertz CT molecular complexity index is 1140. The smallest absolute Gasteiger partial charge is 0.180 e. The highest BCUT2D eigenvalue weighted by atomic mass is 16.5. The van der Waals surface area contributed by atoms with Gasteiger partial charge in [0.2, 0.25) is 0 Å². The molecular formula is C31H36O3. The fourth-order valence-electron chi connectivity index (χ4n) is 5.08. The Balaban J connectivity index is 1.76. The zero-order valence-corrected chi connectivity index (χ0v) is 20.9. The van der Waals surface area contributed by atoms with Gasteiger partial charge >= 0.3 is 0 Å². The van der Waals surface area contributed by atoms with Crippen molar-refractivity contribution in [3.05, 3.63) is 89.6 Å². The molecule has 0 amide bonds. The van der Waals surface area contributed by atoms with Gasteiger partial charge in [-0.2, -0.15) is 0 Å². The van der Waals surface area contributed by atoms with E-state index in [-0.39, 0.29) is 11.4 Å². The monoisotopic (exact) mass is 456 g/mol. The van der Waals surface area contributed by atoms with Crippen LogP contribution in [0.1, 0.15) is 69.3 Å². The standard InChI is InChI=1S/C31H36O3/c1-7-9-11-22-13-15-26(23(12-10-8-2)19-21(22)3)31(6)20-33-28-24-17-18-30(4,5)34-27(24)16-14-25(28)29(31)32/h7-8,13-19,21H,1-2,9-12,20H2,3-6H3. The number of ether oxygens (including phenoxy) is 2. The van der Waals surface area contributed by atoms with Crippen molar-refractivity contribution >= 4 is 11.9 Å². The molecule has 0 saturated heterocycles. The molecule has 2 atom stereocenters. The van der Waals surface area contributed by atoms with Crippen LogP contribution < -0.4 is 9.47 Å². The van der Waals surface area contributed by atoms with Crippen molar-refractivity contribution in [3.8, 4) is 11.5 Å². The summed E-state index contributed by atoms with van der Waals surface area (Å²) in [7, 11) is 0. The molecule has 2 heterocycles. The molecule has 0 spiro atoms. The summed E-state index contributed by atoms with van der Waals surface area (Å²) < 4.78 is 12.5. The van der Waals surface area contributed by atoms with Crippen LogP contribution in [0.3, 0.4) is 0 Å². The first-order valence-electron chi connectivity index (χ1n) is 12.3. The summed E-state index contributed by atoms with van der Waals surface area (Å²) in [6.45, 7) is 16.4. The average molecular weight is 457 g/mol. The SMILES string of the molecule is C=CCCC1=CC(C)C(CCC=C)=CC=C1C1(C)COc2c(ccc3c2C=CC(C)(C)O3)C1=O. The number of carbonyl (C=O) groups excluding carboxylic acids is 1. The zero-order chi connectivity index (χ0) is 24.5. The molecular weight excluding hydrogens is 420 g/mol. The van der Waals surface area contributed by atoms with Gasteiger partial charge in [-0.1, -0.05) is 42.9 Å². The largest absolute Gasteiger partial charge is 0.491 e. The van der Waals surface area contributed by atoms with Gasteiger partial charge in [0.05, 0.1) is 16.5 Å². The zero-order valence-electron chi connectivity index (χ0n) is 20.9. The summed E-state index contributed by atoms with van der Waals surface area (Å²) in [5, 5.41) is 0. The first-order chi connectivity index (χ1) is 16.2. The third-order valence-electron chi connectivity index (χ3n) is 7.13. The number of carbonyl (C=O) groups is 1. The number of hydrogen-bond acceptors (Lipinski definition) is 3. The highest BCUT2D eigenvalue weighted by Crippen LogP contribution is 2.48. The van der Waals surface area contributed by atoms with Crippen LogP contribution in [0.5, 0.6) is 11.5 Å². The molecule has 1 aromatic rings. The molecule has 1 aliphatic carbocycles. The van der Waals surface area contributed by atoms with Crippen LogP contribution in [0.15, 0.2) is 78.5 Å². The minimum absolute atomic E-state index is 0.0983. The predicted molar refractivity (Wildman–Crippen MR) is 140 cm³/mol. The summed E-state index contributed by atoms with van der Waals surface area (Å²) in [6.07, 6.45) is 18.3. The highest BCUT2D eigenvalue weighted by molar-refractivity contribution is 6.07. The molecule has 4 rings (SSSR count). The van der Waals surface area contributed by atoms with Crippen molar-refractivity contribution in [2.75, 3.05) is 6.61 Å². The molecule has 2 unspecified atom stereocenters. The van der Waals surface area contributed by atoms with E-state index in [4.69, 9.17) is 9.47 Å². The number of rotatable bonds is 7. The second-order valence-electron chi connectivity index (χ2n) is 10.3. The maximum atomic E-state index is 14.1. The van der Waals surface area contributed by atoms with Crippen molar-refractivity contribution in [1.82, 2.24) is 0 Å². The van der Waals surface area contributed by atoms with Crippen LogP contribution >= 0.6 is 0 Å². The lowest BCUT2D eigenvalue weighted by atomic mass is 9.70. The van der Waals surface area contributed by atoms with Crippen molar-refractivity contribution in [2.24, 2.45) is 11.3 Å². The maximum absolute atomic E-state index is 14.1. The van der Waals surface area contributed by atoms with Gasteiger partial charge in [0.1, 0.15) is 23.7 Å². The Kier molecular flexibility index (Phi) is 6.58. The number of fused-ring (bicyclic) bond motifs is 3. The summed E-state index contributed by atoms with van der Waals surface area (Å²) in [5.41, 5.74) is 3.95. The average Bonchev–Trinajstić information content (AvgIpc) is 2.96. The van der Waals surface area contributed by atoms with E-state index in [2.05, 4.69) is 38.3 Å². The molecule has 178 valence electrons. The topological polar surface area (TPSA) is 35.5 Å². The van der Waals surface area contributed by atoms with E-state index in [1.807, 2.05) is 57.2 Å². The highest BCUT2D eigenvalue weighted by Gasteiger charge is 2.45. The van der Waals surface area contributed by atoms with Crippen molar-refractivity contribution in [1.29, 1.82) is 0 Å². The summed E-state index contributed by atoms with van der Waals surface area (Å²) >= 11 is 0. The first-order valence-corrected chi connectivity index (χ1v) is 12.3. The molecule has 0 N–H and O–H groups in total. The molecule has 3 nitrogen and oxygen atoms in total. The van der Waals surface area contributed by atoms with Gasteiger partial charge < -0.3 is 9.47 Å². The van der Waals surface area contributed by atoms with Gasteiger partial charge in [-0.05, 0) is 87.8 Å². The third-order valence-corrected chi connectivity index (χ3v) is 7.13. The van der Waals surface area contributed by atoms with Crippen LogP contribution in [0.25, 0.3) is 6.08 Å². The van der Waals surface area contributed by atoms with E-state index in [0.717, 1.165) is 42.6 Å². The van der Waals surface area contributed by atoms with Crippen LogP contribution in [0.4, 0.5) is 0 Å². The molecule has 1 aromatic carbocycles. The number of Topliss-reactive ketones (excluding diaryl/α,β-unsaturated/α-hetero) is 1. The van der Waals surface area contributed by atoms with Crippen molar-refractivity contribution in [3.63, 3.8) is 0 Å². The van der Waals surface area contributed by atoms with Gasteiger partial charge in [0.25, 0.3) is 0 Å². The van der Waals surface area contributed by atoms with E-state index in [9.17, 15) is 4.79 Å². The Morgan fingerprint density at radius 1 is 1.09 bits per heavy atom. The number of allylic oxidation sites excluding steroid dienone is 7. The van der Waals surface area contributed by atoms with E-state index in [1.54, 1.807) is 0 Å². The van der Waals surface area contributed by atoms with Crippen molar-refractivity contribution in [2.45, 2.75) is 59.0 Å². The molecule has 0 aromatic heterocycles. The van der Waals surface area contributed by atoms with E-state index in [0.29, 0.717) is 23.8 Å². The number of ketones is 1. The van der Waals surface area contributed by atoms with Crippen LogP contribution in [-0.4, -0.2) is 18.0 Å². The van der Waals surface area contributed by atoms with Gasteiger partial charge in [-0.25, -0.2) is 0 Å². The summed E-state index contributed by atoms with van der Waals surface area (Å²) in [5.74, 6) is 1.79. The molecule has 0 saturated carbocycles. The Morgan fingerprint density at radius 2 is 1.82 bits per heavy atom. The van der Waals surface area contributed by atoms with Gasteiger partial charge in [-0.3, -0.25) is 4.79 Å². The normalized spacial score (nSPS) is 24.9. The number of benzene rings is 1. The van der Waals surface area contributed by atoms with E-state index < -0.39 is 5.41 Å². The first kappa shape index (κ1) is 24.1. The van der Waals surface area contributed by atoms with E-state index in [1.165, 1.54) is 11.1 Å². The Morgan fingerprint density at radius 3 is 2.56 bits per heavy atom. The maximum Gasteiger partial charge on any atom is 0.180 e. The second-order valence-corrected chi connectivity index (χ2v) is 10.3. The van der Waals surface area contributed by atoms with Gasteiger partial charge in [-0.15, -0.1) is 13.2 Å². The van der Waals surface area contributed by atoms with Crippen molar-refractivity contribution < 1.29 is 14.3 Å². The lowest BCUT2D eigenvalue weighted by Gasteiger charge is -2.38. The summed E-state index contributed by atoms with van der Waals surface area (Å²) in [4.78, 5) is 14.1. The number of hydrogen-bond donors (Lipinski definition) is 0. The van der Waals surface area contributed by atoms with Crippen LogP contribution in [-0.2, 0) is 0 Å². The molecule has 0 bridgehead atoms. The second kappa shape index (κ2) is 9.29. The summed E-state index contributed by atoms with van der Waals surface area (Å²) in [6, 6.07) is 3.76. The minimum Gasteiger partial charge on any atom is -0.491 e. The van der Waals surface area contributed by atoms with Gasteiger partial charge in [0, 0.05) is 0 Å². The molecule has 2 aliphatic heterocycles. The molecule has 3 heteroatoms. The minimum atomic E-state index is -0.767.